The fourth-order valence-electron chi connectivity index (χ4n) is 4.77. The van der Waals surface area contributed by atoms with Gasteiger partial charge in [0.15, 0.2) is 11.5 Å². The minimum Gasteiger partial charge on any atom is -0.493 e. The molecule has 3 aromatic carbocycles. The summed E-state index contributed by atoms with van der Waals surface area (Å²) < 4.78 is 29.6. The van der Waals surface area contributed by atoms with Crippen molar-refractivity contribution < 1.29 is 28.2 Å². The number of fused-ring (bicyclic) bond motifs is 1. The Morgan fingerprint density at radius 3 is 2.38 bits per heavy atom. The molecular formula is C29H31FN2O5. The molecule has 0 aromatic heterocycles. The molecule has 2 amide bonds. The molecule has 1 aliphatic heterocycles. The van der Waals surface area contributed by atoms with Crippen LogP contribution in [0.25, 0.3) is 11.1 Å². The number of nitrogens with one attached hydrogen (secondary N) is 1. The van der Waals surface area contributed by atoms with E-state index in [2.05, 4.69) is 5.32 Å². The van der Waals surface area contributed by atoms with Crippen LogP contribution in [0.3, 0.4) is 0 Å². The van der Waals surface area contributed by atoms with Gasteiger partial charge in [-0.1, -0.05) is 24.3 Å². The molecule has 8 heteroatoms. The van der Waals surface area contributed by atoms with E-state index in [9.17, 15) is 14.0 Å². The van der Waals surface area contributed by atoms with Gasteiger partial charge in [0.1, 0.15) is 5.82 Å². The first-order valence-corrected chi connectivity index (χ1v) is 12.2. The lowest BCUT2D eigenvalue weighted by atomic mass is 9.85. The summed E-state index contributed by atoms with van der Waals surface area (Å²) in [5.74, 6) is 0.453. The van der Waals surface area contributed by atoms with E-state index < -0.39 is 6.09 Å². The lowest BCUT2D eigenvalue weighted by Crippen LogP contribution is -2.45. The maximum atomic E-state index is 13.3. The third-order valence-electron chi connectivity index (χ3n) is 6.57. The lowest BCUT2D eigenvalue weighted by molar-refractivity contribution is 0.0949. The van der Waals surface area contributed by atoms with Gasteiger partial charge >= 0.3 is 6.09 Å². The van der Waals surface area contributed by atoms with Crippen LogP contribution < -0.4 is 19.7 Å². The van der Waals surface area contributed by atoms with Crippen LogP contribution >= 0.6 is 0 Å². The third-order valence-corrected chi connectivity index (χ3v) is 6.57. The van der Waals surface area contributed by atoms with Gasteiger partial charge in [0.25, 0.3) is 5.91 Å². The Balaban J connectivity index is 1.58. The highest BCUT2D eigenvalue weighted by molar-refractivity contribution is 5.95. The Morgan fingerprint density at radius 2 is 1.70 bits per heavy atom. The zero-order chi connectivity index (χ0) is 26.5. The topological polar surface area (TPSA) is 77.1 Å². The maximum absolute atomic E-state index is 13.3. The van der Waals surface area contributed by atoms with Gasteiger partial charge in [0.2, 0.25) is 0 Å². The Bertz CT molecular complexity index is 1280. The molecule has 2 atom stereocenters. The number of halogens is 1. The van der Waals surface area contributed by atoms with E-state index >= 15 is 0 Å². The fraction of sp³-hybridized carbons (Fsp3) is 0.310. The number of nitrogens with zero attached hydrogens (tertiary/aromatic N) is 1. The van der Waals surface area contributed by atoms with Crippen molar-refractivity contribution in [3.8, 4) is 22.6 Å². The molecule has 0 radical (unpaired) electrons. The Kier molecular flexibility index (Phi) is 7.96. The Labute approximate surface area is 216 Å². The number of hydrogen-bond donors (Lipinski definition) is 1. The average molecular weight is 507 g/mol. The maximum Gasteiger partial charge on any atom is 0.414 e. The SMILES string of the molecule is CCOC(=O)N1c2cc(OC)c(OC)cc2C(CNC(=O)c2cccc(-c3ccc(F)cc3)c2)CC1C. The molecule has 1 heterocycles. The third kappa shape index (κ3) is 5.53. The summed E-state index contributed by atoms with van der Waals surface area (Å²) >= 11 is 0. The van der Waals surface area contributed by atoms with Crippen LogP contribution in [0.15, 0.2) is 60.7 Å². The predicted molar refractivity (Wildman–Crippen MR) is 140 cm³/mol. The van der Waals surface area contributed by atoms with Crippen LogP contribution in [0.4, 0.5) is 14.9 Å². The number of anilines is 1. The lowest BCUT2D eigenvalue weighted by Gasteiger charge is -2.39. The van der Waals surface area contributed by atoms with Crippen molar-refractivity contribution in [1.29, 1.82) is 0 Å². The molecule has 0 spiro atoms. The molecule has 194 valence electrons. The number of benzene rings is 3. The normalized spacial score (nSPS) is 16.5. The van der Waals surface area contributed by atoms with Crippen LogP contribution in [0, 0.1) is 5.82 Å². The van der Waals surface area contributed by atoms with Crippen LogP contribution in [-0.2, 0) is 4.74 Å². The van der Waals surface area contributed by atoms with Crippen molar-refractivity contribution in [2.75, 3.05) is 32.3 Å². The first-order valence-electron chi connectivity index (χ1n) is 12.2. The first kappa shape index (κ1) is 26.0. The minimum absolute atomic E-state index is 0.0697. The zero-order valence-corrected chi connectivity index (χ0v) is 21.4. The van der Waals surface area contributed by atoms with Gasteiger partial charge in [0, 0.05) is 30.1 Å². The molecule has 0 saturated heterocycles. The van der Waals surface area contributed by atoms with Crippen molar-refractivity contribution >= 4 is 17.7 Å². The van der Waals surface area contributed by atoms with Crippen molar-refractivity contribution in [2.24, 2.45) is 0 Å². The molecule has 0 saturated carbocycles. The zero-order valence-electron chi connectivity index (χ0n) is 21.4. The summed E-state index contributed by atoms with van der Waals surface area (Å²) in [6.45, 7) is 4.35. The highest BCUT2D eigenvalue weighted by Crippen LogP contribution is 2.44. The van der Waals surface area contributed by atoms with E-state index in [4.69, 9.17) is 14.2 Å². The van der Waals surface area contributed by atoms with Crippen LogP contribution in [0.1, 0.15) is 42.1 Å². The first-order chi connectivity index (χ1) is 17.9. The van der Waals surface area contributed by atoms with E-state index in [1.54, 1.807) is 62.4 Å². The molecule has 1 N–H and O–H groups in total. The average Bonchev–Trinajstić information content (AvgIpc) is 2.91. The van der Waals surface area contributed by atoms with E-state index in [0.29, 0.717) is 35.7 Å². The van der Waals surface area contributed by atoms with E-state index in [1.165, 1.54) is 12.1 Å². The Hall–Kier alpha value is -4.07. The molecule has 2 unspecified atom stereocenters. The predicted octanol–water partition coefficient (Wildman–Crippen LogP) is 5.78. The second-order valence-electron chi connectivity index (χ2n) is 8.91. The van der Waals surface area contributed by atoms with Crippen molar-refractivity contribution in [1.82, 2.24) is 5.32 Å². The number of methoxy groups -OCH3 is 2. The molecule has 37 heavy (non-hydrogen) atoms. The molecule has 3 aromatic rings. The van der Waals surface area contributed by atoms with Crippen molar-refractivity contribution in [3.05, 3.63) is 77.6 Å². The number of hydrogen-bond acceptors (Lipinski definition) is 5. The highest BCUT2D eigenvalue weighted by atomic mass is 19.1. The molecule has 0 aliphatic carbocycles. The number of carbonyl (C=O) groups is 2. The summed E-state index contributed by atoms with van der Waals surface area (Å²) in [6, 6.07) is 16.9. The monoisotopic (exact) mass is 506 g/mol. The molecular weight excluding hydrogens is 475 g/mol. The Morgan fingerprint density at radius 1 is 1.00 bits per heavy atom. The van der Waals surface area contributed by atoms with Gasteiger partial charge in [0.05, 0.1) is 26.5 Å². The largest absolute Gasteiger partial charge is 0.493 e. The van der Waals surface area contributed by atoms with Crippen molar-refractivity contribution in [3.63, 3.8) is 0 Å². The van der Waals surface area contributed by atoms with Gasteiger partial charge in [-0.2, -0.15) is 0 Å². The van der Waals surface area contributed by atoms with Gasteiger partial charge in [-0.15, -0.1) is 0 Å². The molecule has 4 rings (SSSR count). The number of ether oxygens (including phenoxy) is 3. The molecule has 1 aliphatic rings. The summed E-state index contributed by atoms with van der Waals surface area (Å²) in [5, 5.41) is 3.05. The summed E-state index contributed by atoms with van der Waals surface area (Å²) in [4.78, 5) is 27.5. The van der Waals surface area contributed by atoms with Gasteiger partial charge in [-0.05, 0) is 67.3 Å². The quantitative estimate of drug-likeness (QED) is 0.440. The van der Waals surface area contributed by atoms with E-state index in [1.807, 2.05) is 19.1 Å². The molecule has 0 fully saturated rings. The fourth-order valence-corrected chi connectivity index (χ4v) is 4.77. The summed E-state index contributed by atoms with van der Waals surface area (Å²) in [7, 11) is 3.10. The second-order valence-corrected chi connectivity index (χ2v) is 8.91. The van der Waals surface area contributed by atoms with Gasteiger partial charge in [-0.3, -0.25) is 9.69 Å². The van der Waals surface area contributed by atoms with E-state index in [-0.39, 0.29) is 30.3 Å². The van der Waals surface area contributed by atoms with Gasteiger partial charge < -0.3 is 19.5 Å². The molecule has 7 nitrogen and oxygen atoms in total. The highest BCUT2D eigenvalue weighted by Gasteiger charge is 2.36. The summed E-state index contributed by atoms with van der Waals surface area (Å²) in [5.41, 5.74) is 3.69. The molecule has 0 bridgehead atoms. The number of amides is 2. The van der Waals surface area contributed by atoms with Crippen molar-refractivity contribution in [2.45, 2.75) is 32.2 Å². The van der Waals surface area contributed by atoms with Crippen LogP contribution in [-0.4, -0.2) is 45.4 Å². The van der Waals surface area contributed by atoms with Crippen LogP contribution in [0.2, 0.25) is 0 Å². The second kappa shape index (κ2) is 11.3. The van der Waals surface area contributed by atoms with E-state index in [0.717, 1.165) is 16.7 Å². The number of carbonyl (C=O) groups excluding carboxylic acids is 2. The minimum atomic E-state index is -0.427. The van der Waals surface area contributed by atoms with Crippen LogP contribution in [0.5, 0.6) is 11.5 Å². The van der Waals surface area contributed by atoms with Gasteiger partial charge in [-0.25, -0.2) is 9.18 Å². The standard InChI is InChI=1S/C29H31FN2O5/c1-5-37-29(34)32-18(2)13-22(24-15-26(35-3)27(36-4)16-25(24)32)17-31-28(33)21-8-6-7-20(14-21)19-9-11-23(30)12-10-19/h6-12,14-16,18,22H,5,13,17H2,1-4H3,(H,31,33). The summed E-state index contributed by atoms with van der Waals surface area (Å²) in [6.07, 6.45) is 0.195. The smallest absolute Gasteiger partial charge is 0.414 e. The number of rotatable bonds is 7.